The van der Waals surface area contributed by atoms with Gasteiger partial charge >= 0.3 is 0 Å². The van der Waals surface area contributed by atoms with E-state index in [9.17, 15) is 4.79 Å². The van der Waals surface area contributed by atoms with Gasteiger partial charge in [-0.05, 0) is 29.0 Å². The molecule has 29 heavy (non-hydrogen) atoms. The average Bonchev–Trinajstić information content (AvgIpc) is 3.15. The molecule has 0 saturated heterocycles. The smallest absolute Gasteiger partial charge is 0.260 e. The van der Waals surface area contributed by atoms with E-state index in [0.29, 0.717) is 5.75 Å². The maximum atomic E-state index is 12.3. The Labute approximate surface area is 167 Å². The number of hydrogen-bond acceptors (Lipinski definition) is 4. The Morgan fingerprint density at radius 1 is 1.17 bits per heavy atom. The van der Waals surface area contributed by atoms with Crippen LogP contribution in [-0.2, 0) is 11.3 Å². The molecule has 6 nitrogen and oxygen atoms in total. The van der Waals surface area contributed by atoms with Gasteiger partial charge < -0.3 is 9.30 Å². The van der Waals surface area contributed by atoms with E-state index in [1.165, 1.54) is 0 Å². The van der Waals surface area contributed by atoms with Crippen LogP contribution in [0.25, 0.3) is 21.8 Å². The molecule has 0 radical (unpaired) electrons. The molecule has 4 rings (SSSR count). The maximum Gasteiger partial charge on any atom is 0.260 e. The number of carbonyl (C=O) groups is 1. The molecule has 0 aliphatic rings. The lowest BCUT2D eigenvalue weighted by molar-refractivity contribution is -0.121. The lowest BCUT2D eigenvalue weighted by atomic mass is 10.0. The van der Waals surface area contributed by atoms with Crippen molar-refractivity contribution in [3.8, 4) is 18.1 Å². The van der Waals surface area contributed by atoms with E-state index in [1.54, 1.807) is 17.1 Å². The van der Waals surface area contributed by atoms with E-state index in [-0.39, 0.29) is 19.1 Å². The van der Waals surface area contributed by atoms with Gasteiger partial charge in [-0.2, -0.15) is 5.10 Å². The van der Waals surface area contributed by atoms with Crippen molar-refractivity contribution in [3.05, 3.63) is 72.6 Å². The van der Waals surface area contributed by atoms with Crippen LogP contribution in [0.1, 0.15) is 5.56 Å². The highest BCUT2D eigenvalue weighted by molar-refractivity contribution is 6.02. The van der Waals surface area contributed by atoms with Crippen LogP contribution < -0.4 is 10.2 Å². The summed E-state index contributed by atoms with van der Waals surface area (Å²) in [5.74, 6) is 2.82. The lowest BCUT2D eigenvalue weighted by Gasteiger charge is -2.10. The fourth-order valence-corrected chi connectivity index (χ4v) is 3.15. The Bertz CT molecular complexity index is 1250. The molecule has 4 aromatic rings. The summed E-state index contributed by atoms with van der Waals surface area (Å²) >= 11 is 0. The van der Waals surface area contributed by atoms with Crippen molar-refractivity contribution in [2.45, 2.75) is 6.54 Å². The molecule has 6 heteroatoms. The third-order valence-corrected chi connectivity index (χ3v) is 4.47. The molecule has 0 fully saturated rings. The third kappa shape index (κ3) is 3.94. The van der Waals surface area contributed by atoms with Crippen LogP contribution in [0.3, 0.4) is 0 Å². The first-order chi connectivity index (χ1) is 14.3. The topological polar surface area (TPSA) is 68.5 Å². The summed E-state index contributed by atoms with van der Waals surface area (Å²) in [6, 6.07) is 19.3. The number of terminal acetylenes is 1. The van der Waals surface area contributed by atoms with Crippen molar-refractivity contribution < 1.29 is 9.53 Å². The Hall–Kier alpha value is -4.11. The summed E-state index contributed by atoms with van der Waals surface area (Å²) in [6.07, 6.45) is 8.53. The normalized spacial score (nSPS) is 11.0. The number of ether oxygens (including phenoxy) is 1. The molecule has 142 valence electrons. The van der Waals surface area contributed by atoms with Crippen molar-refractivity contribution in [1.82, 2.24) is 15.0 Å². The summed E-state index contributed by atoms with van der Waals surface area (Å²) in [5, 5.41) is 6.13. The van der Waals surface area contributed by atoms with Crippen LogP contribution in [-0.4, -0.2) is 28.3 Å². The zero-order valence-electron chi connectivity index (χ0n) is 15.6. The number of amides is 1. The fraction of sp³-hybridized carbons (Fsp3) is 0.0870. The highest BCUT2D eigenvalue weighted by atomic mass is 16.5. The van der Waals surface area contributed by atoms with E-state index in [2.05, 4.69) is 21.4 Å². The second-order valence-corrected chi connectivity index (χ2v) is 6.35. The highest BCUT2D eigenvalue weighted by Crippen LogP contribution is 2.26. The summed E-state index contributed by atoms with van der Waals surface area (Å²) in [6.45, 7) is 0.271. The molecular formula is C23H18N4O2. The van der Waals surface area contributed by atoms with Crippen molar-refractivity contribution >= 4 is 33.9 Å². The summed E-state index contributed by atoms with van der Waals surface area (Å²) < 4.78 is 7.41. The number of fused-ring (bicyclic) bond motifs is 2. The van der Waals surface area contributed by atoms with Crippen molar-refractivity contribution in [2.75, 3.05) is 6.61 Å². The molecule has 1 aromatic heterocycles. The number of hydrazone groups is 1. The number of carbonyl (C=O) groups excluding carboxylic acids is 1. The average molecular weight is 382 g/mol. The van der Waals surface area contributed by atoms with Crippen LogP contribution in [0.4, 0.5) is 0 Å². The standard InChI is InChI=1S/C23H18N4O2/c1-2-13-29-22-12-11-17-7-3-4-8-18(17)19(22)14-25-26-23(28)15-27-16-24-20-9-5-6-10-21(20)27/h1,3-12,14,16H,13,15H2,(H,26,28)/b25-14-. The Morgan fingerprint density at radius 3 is 2.90 bits per heavy atom. The van der Waals surface area contributed by atoms with Gasteiger partial charge in [0.15, 0.2) is 0 Å². The van der Waals surface area contributed by atoms with Gasteiger partial charge in [0, 0.05) is 5.56 Å². The summed E-state index contributed by atoms with van der Waals surface area (Å²) in [5.41, 5.74) is 5.06. The number of nitrogens with zero attached hydrogens (tertiary/aromatic N) is 3. The zero-order valence-corrected chi connectivity index (χ0v) is 15.6. The monoisotopic (exact) mass is 382 g/mol. The molecule has 0 aliphatic carbocycles. The van der Waals surface area contributed by atoms with E-state index < -0.39 is 0 Å². The van der Waals surface area contributed by atoms with Gasteiger partial charge in [-0.15, -0.1) is 6.42 Å². The molecule has 1 amide bonds. The molecule has 0 bridgehead atoms. The van der Waals surface area contributed by atoms with E-state index in [0.717, 1.165) is 27.4 Å². The predicted molar refractivity (Wildman–Crippen MR) is 114 cm³/mol. The SMILES string of the molecule is C#CCOc1ccc2ccccc2c1/C=N\NC(=O)Cn1cnc2ccccc21. The number of hydrogen-bond donors (Lipinski definition) is 1. The fourth-order valence-electron chi connectivity index (χ4n) is 3.15. The van der Waals surface area contributed by atoms with Crippen molar-refractivity contribution in [2.24, 2.45) is 5.10 Å². The number of para-hydroxylation sites is 2. The zero-order chi connectivity index (χ0) is 20.1. The minimum absolute atomic E-state index is 0.119. The minimum atomic E-state index is -0.254. The van der Waals surface area contributed by atoms with Gasteiger partial charge in [0.25, 0.3) is 5.91 Å². The summed E-state index contributed by atoms with van der Waals surface area (Å²) in [4.78, 5) is 16.6. The largest absolute Gasteiger partial charge is 0.480 e. The minimum Gasteiger partial charge on any atom is -0.480 e. The second kappa shape index (κ2) is 8.28. The van der Waals surface area contributed by atoms with E-state index in [1.807, 2.05) is 60.7 Å². The lowest BCUT2D eigenvalue weighted by Crippen LogP contribution is -2.22. The molecule has 3 aromatic carbocycles. The van der Waals surface area contributed by atoms with Gasteiger partial charge in [-0.1, -0.05) is 48.4 Å². The molecule has 1 N–H and O–H groups in total. The molecule has 1 heterocycles. The molecule has 0 aliphatic heterocycles. The van der Waals surface area contributed by atoms with Gasteiger partial charge in [-0.25, -0.2) is 10.4 Å². The third-order valence-electron chi connectivity index (χ3n) is 4.47. The first-order valence-corrected chi connectivity index (χ1v) is 9.06. The van der Waals surface area contributed by atoms with Crippen LogP contribution in [0.15, 0.2) is 72.1 Å². The van der Waals surface area contributed by atoms with Gasteiger partial charge in [0.1, 0.15) is 18.9 Å². The van der Waals surface area contributed by atoms with Crippen LogP contribution in [0.2, 0.25) is 0 Å². The Kier molecular flexibility index (Phi) is 5.21. The van der Waals surface area contributed by atoms with E-state index in [4.69, 9.17) is 11.2 Å². The Balaban J connectivity index is 1.53. The number of imidazole rings is 1. The van der Waals surface area contributed by atoms with Gasteiger partial charge in [0.05, 0.1) is 23.6 Å². The van der Waals surface area contributed by atoms with Crippen LogP contribution in [0, 0.1) is 12.3 Å². The molecule has 0 unspecified atom stereocenters. The quantitative estimate of drug-likeness (QED) is 0.316. The van der Waals surface area contributed by atoms with Crippen LogP contribution in [0.5, 0.6) is 5.75 Å². The molecular weight excluding hydrogens is 364 g/mol. The van der Waals surface area contributed by atoms with Crippen molar-refractivity contribution in [3.63, 3.8) is 0 Å². The molecule has 0 saturated carbocycles. The number of aromatic nitrogens is 2. The first-order valence-electron chi connectivity index (χ1n) is 9.06. The van der Waals surface area contributed by atoms with Gasteiger partial charge in [-0.3, -0.25) is 4.79 Å². The number of rotatable bonds is 6. The molecule has 0 spiro atoms. The predicted octanol–water partition coefficient (Wildman–Crippen LogP) is 3.35. The second-order valence-electron chi connectivity index (χ2n) is 6.35. The van der Waals surface area contributed by atoms with Crippen molar-refractivity contribution in [1.29, 1.82) is 0 Å². The van der Waals surface area contributed by atoms with E-state index >= 15 is 0 Å². The number of benzene rings is 3. The highest BCUT2D eigenvalue weighted by Gasteiger charge is 2.08. The van der Waals surface area contributed by atoms with Gasteiger partial charge in [0.2, 0.25) is 0 Å². The number of nitrogens with one attached hydrogen (secondary N) is 1. The summed E-state index contributed by atoms with van der Waals surface area (Å²) in [7, 11) is 0. The van der Waals surface area contributed by atoms with Crippen LogP contribution >= 0.6 is 0 Å². The Morgan fingerprint density at radius 2 is 2.00 bits per heavy atom. The maximum absolute atomic E-state index is 12.3. The first kappa shape index (κ1) is 18.3. The molecule has 0 atom stereocenters.